The van der Waals surface area contributed by atoms with Crippen LogP contribution in [0.4, 0.5) is 14.5 Å². The highest BCUT2D eigenvalue weighted by molar-refractivity contribution is 6.01. The number of esters is 1. The number of fused-ring (bicyclic) bond motifs is 4. The maximum Gasteiger partial charge on any atom is 0.340 e. The lowest BCUT2D eigenvalue weighted by Crippen LogP contribution is -2.26. The first-order chi connectivity index (χ1) is 18.8. The smallest absolute Gasteiger partial charge is 0.340 e. The minimum absolute atomic E-state index is 0.126. The Morgan fingerprint density at radius 1 is 1.08 bits per heavy atom. The van der Waals surface area contributed by atoms with E-state index in [1.54, 1.807) is 20.3 Å². The molecule has 1 N–H and O–H groups in total. The van der Waals surface area contributed by atoms with Gasteiger partial charge >= 0.3 is 5.97 Å². The molecular weight excluding hydrogens is 506 g/mol. The van der Waals surface area contributed by atoms with Crippen LogP contribution in [-0.2, 0) is 40.1 Å². The number of methoxy groups -OCH3 is 3. The van der Waals surface area contributed by atoms with Gasteiger partial charge in [-0.1, -0.05) is 0 Å². The van der Waals surface area contributed by atoms with Crippen molar-refractivity contribution in [2.45, 2.75) is 45.2 Å². The fourth-order valence-electron chi connectivity index (χ4n) is 5.62. The number of ether oxygens (including phenoxy) is 3. The van der Waals surface area contributed by atoms with Gasteiger partial charge in [0.05, 0.1) is 42.6 Å². The van der Waals surface area contributed by atoms with Gasteiger partial charge in [0.2, 0.25) is 0 Å². The van der Waals surface area contributed by atoms with Crippen LogP contribution in [0.15, 0.2) is 30.3 Å². The Labute approximate surface area is 225 Å². The molecule has 0 aliphatic heterocycles. The molecule has 0 spiro atoms. The van der Waals surface area contributed by atoms with Gasteiger partial charge in [-0.2, -0.15) is 0 Å². The monoisotopic (exact) mass is 540 g/mol. The zero-order chi connectivity index (χ0) is 27.7. The van der Waals surface area contributed by atoms with E-state index >= 15 is 0 Å². The number of hydrogen-bond acceptors (Lipinski definition) is 6. The number of halogens is 2. The van der Waals surface area contributed by atoms with Crippen molar-refractivity contribution in [1.82, 2.24) is 14.1 Å². The molecule has 208 valence electrons. The molecule has 2 aromatic heterocycles. The summed E-state index contributed by atoms with van der Waals surface area (Å²) >= 11 is 0. The minimum Gasteiger partial charge on any atom is -0.465 e. The lowest BCUT2D eigenvalue weighted by Gasteiger charge is -2.23. The number of hydrogen-bond donors (Lipinski definition) is 1. The minimum atomic E-state index is -2.71. The van der Waals surface area contributed by atoms with Crippen LogP contribution in [-0.4, -0.2) is 67.1 Å². The Kier molecular flexibility index (Phi) is 7.59. The number of anilines is 1. The number of aromatic nitrogens is 3. The molecule has 0 unspecified atom stereocenters. The number of nitrogens with zero attached hydrogens (tertiary/aromatic N) is 3. The topological polar surface area (TPSA) is 79.5 Å². The maximum absolute atomic E-state index is 14.5. The Balaban J connectivity index is 1.69. The van der Waals surface area contributed by atoms with Gasteiger partial charge < -0.3 is 28.7 Å². The fourth-order valence-corrected chi connectivity index (χ4v) is 5.62. The summed E-state index contributed by atoms with van der Waals surface area (Å²) in [4.78, 5) is 17.5. The Bertz CT molecular complexity index is 1530. The predicted octanol–water partition coefficient (Wildman–Crippen LogP) is 5.29. The van der Waals surface area contributed by atoms with Gasteiger partial charge in [-0.15, -0.1) is 0 Å². The lowest BCUT2D eigenvalue weighted by molar-refractivity contribution is -0.0125. The second-order valence-corrected chi connectivity index (χ2v) is 9.81. The highest BCUT2D eigenvalue weighted by Gasteiger charge is 2.37. The van der Waals surface area contributed by atoms with Gasteiger partial charge in [-0.3, -0.25) is 0 Å². The van der Waals surface area contributed by atoms with Gasteiger partial charge in [0, 0.05) is 68.9 Å². The molecule has 1 aliphatic carbocycles. The van der Waals surface area contributed by atoms with Crippen LogP contribution in [0.25, 0.3) is 33.3 Å². The largest absolute Gasteiger partial charge is 0.465 e. The molecule has 0 bridgehead atoms. The van der Waals surface area contributed by atoms with Gasteiger partial charge in [-0.05, 0) is 49.2 Å². The van der Waals surface area contributed by atoms with Crippen LogP contribution in [0.5, 0.6) is 0 Å². The quantitative estimate of drug-likeness (QED) is 0.217. The third-order valence-corrected chi connectivity index (χ3v) is 7.46. The fraction of sp³-hybridized carbons (Fsp3) is 0.448. The Morgan fingerprint density at radius 2 is 1.87 bits per heavy atom. The molecule has 2 heterocycles. The van der Waals surface area contributed by atoms with Crippen LogP contribution < -0.4 is 5.32 Å². The molecule has 0 saturated heterocycles. The normalized spacial score (nSPS) is 14.6. The molecular formula is C29H34F2N4O4. The predicted molar refractivity (Wildman–Crippen MR) is 147 cm³/mol. The number of benzene rings is 2. The van der Waals surface area contributed by atoms with Crippen molar-refractivity contribution >= 4 is 33.6 Å². The number of aryl methyl sites for hydroxylation is 1. The van der Waals surface area contributed by atoms with Crippen molar-refractivity contribution in [3.8, 4) is 11.4 Å². The van der Waals surface area contributed by atoms with E-state index < -0.39 is 11.9 Å². The summed E-state index contributed by atoms with van der Waals surface area (Å²) in [5.41, 5.74) is 5.92. The molecule has 39 heavy (non-hydrogen) atoms. The highest BCUT2D eigenvalue weighted by atomic mass is 19.3. The number of alkyl halides is 2. The highest BCUT2D eigenvalue weighted by Crippen LogP contribution is 2.40. The van der Waals surface area contributed by atoms with Crippen molar-refractivity contribution in [2.24, 2.45) is 0 Å². The Hall–Kier alpha value is -3.50. The first kappa shape index (κ1) is 27.1. The number of rotatable bonds is 10. The Morgan fingerprint density at radius 3 is 2.59 bits per heavy atom. The van der Waals surface area contributed by atoms with Crippen LogP contribution in [0.1, 0.15) is 35.0 Å². The zero-order valence-corrected chi connectivity index (χ0v) is 22.8. The van der Waals surface area contributed by atoms with Gasteiger partial charge in [0.15, 0.2) is 0 Å². The van der Waals surface area contributed by atoms with Gasteiger partial charge in [-0.25, -0.2) is 18.6 Å². The third kappa shape index (κ3) is 4.98. The summed E-state index contributed by atoms with van der Waals surface area (Å²) in [5.74, 6) is -2.51. The van der Waals surface area contributed by atoms with E-state index in [0.29, 0.717) is 55.3 Å². The summed E-state index contributed by atoms with van der Waals surface area (Å²) < 4.78 is 48.7. The second-order valence-electron chi connectivity index (χ2n) is 9.81. The maximum atomic E-state index is 14.5. The number of nitrogens with one attached hydrogen (secondary N) is 1. The van der Waals surface area contributed by atoms with Crippen LogP contribution in [0, 0.1) is 0 Å². The van der Waals surface area contributed by atoms with E-state index in [9.17, 15) is 13.6 Å². The molecule has 0 radical (unpaired) electrons. The first-order valence-corrected chi connectivity index (χ1v) is 13.2. The molecule has 0 atom stereocenters. The molecule has 0 saturated carbocycles. The number of carbonyl (C=O) groups is 1. The average molecular weight is 541 g/mol. The second kappa shape index (κ2) is 10.9. The van der Waals surface area contributed by atoms with Gasteiger partial charge in [0.25, 0.3) is 5.92 Å². The molecule has 8 nitrogen and oxygen atoms in total. The van der Waals surface area contributed by atoms with Crippen LogP contribution >= 0.6 is 0 Å². The summed E-state index contributed by atoms with van der Waals surface area (Å²) in [7, 11) is 4.59. The summed E-state index contributed by atoms with van der Waals surface area (Å²) in [6, 6.07) is 9.57. The SMILES string of the molecule is CCn1c2c(c3cc(-c4nc5cc(C(=O)OC)c(NCCOC)cc5n4CCOC)ccc31)CC(F)(F)CC2. The van der Waals surface area contributed by atoms with Crippen molar-refractivity contribution < 1.29 is 27.8 Å². The molecule has 0 amide bonds. The lowest BCUT2D eigenvalue weighted by atomic mass is 9.92. The van der Waals surface area contributed by atoms with E-state index in [2.05, 4.69) is 9.88 Å². The van der Waals surface area contributed by atoms with E-state index in [0.717, 1.165) is 39.8 Å². The molecule has 5 rings (SSSR count). The van der Waals surface area contributed by atoms with E-state index in [4.69, 9.17) is 19.2 Å². The number of imidazole rings is 1. The average Bonchev–Trinajstić information content (AvgIpc) is 3.44. The molecule has 2 aromatic carbocycles. The van der Waals surface area contributed by atoms with E-state index in [-0.39, 0.29) is 12.8 Å². The van der Waals surface area contributed by atoms with Crippen molar-refractivity contribution in [3.05, 3.63) is 47.2 Å². The van der Waals surface area contributed by atoms with Crippen LogP contribution in [0.3, 0.4) is 0 Å². The van der Waals surface area contributed by atoms with E-state index in [1.165, 1.54) is 7.11 Å². The first-order valence-electron chi connectivity index (χ1n) is 13.2. The standard InChI is InChI=1S/C29H34F2N4O4/c1-5-34-24-7-6-18(14-19(24)21-17-29(30,31)9-8-25(21)34)27-33-23-15-20(28(36)39-4)22(32-10-12-37-2)16-26(23)35(27)11-13-38-3/h6-7,14-16,32H,5,8-13,17H2,1-4H3. The molecule has 10 heteroatoms. The van der Waals surface area contributed by atoms with E-state index in [1.807, 2.05) is 35.8 Å². The van der Waals surface area contributed by atoms with Crippen molar-refractivity contribution in [2.75, 3.05) is 46.4 Å². The van der Waals surface area contributed by atoms with Crippen LogP contribution in [0.2, 0.25) is 0 Å². The summed E-state index contributed by atoms with van der Waals surface area (Å²) in [5, 5.41) is 4.10. The van der Waals surface area contributed by atoms with Gasteiger partial charge in [0.1, 0.15) is 5.82 Å². The molecule has 0 fully saturated rings. The molecule has 1 aliphatic rings. The third-order valence-electron chi connectivity index (χ3n) is 7.46. The zero-order valence-electron chi connectivity index (χ0n) is 22.8. The summed E-state index contributed by atoms with van der Waals surface area (Å²) in [6.07, 6.45) is -0.0185. The van der Waals surface area contributed by atoms with Crippen molar-refractivity contribution in [3.63, 3.8) is 0 Å². The summed E-state index contributed by atoms with van der Waals surface area (Å²) in [6.45, 7) is 4.70. The number of carbonyl (C=O) groups excluding carboxylic acids is 1. The van der Waals surface area contributed by atoms with Crippen molar-refractivity contribution in [1.29, 1.82) is 0 Å². The molecule has 4 aromatic rings.